The molecule has 2 heteroatoms. The van der Waals surface area contributed by atoms with Gasteiger partial charge in [-0.1, -0.05) is 258 Å². The van der Waals surface area contributed by atoms with Gasteiger partial charge in [-0.25, -0.2) is 0 Å². The molecule has 2 aliphatic rings. The van der Waals surface area contributed by atoms with Crippen LogP contribution in [-0.2, 0) is 4.74 Å². The Morgan fingerprint density at radius 2 is 1.02 bits per heavy atom. The van der Waals surface area contributed by atoms with E-state index in [0.717, 1.165) is 30.7 Å². The van der Waals surface area contributed by atoms with E-state index in [1.54, 1.807) is 0 Å². The fourth-order valence-electron chi connectivity index (χ4n) is 8.29. The van der Waals surface area contributed by atoms with Gasteiger partial charge in [-0.2, -0.15) is 0 Å². The Kier molecular flexibility index (Phi) is 87.7. The number of rotatable bonds is 18. The van der Waals surface area contributed by atoms with E-state index in [2.05, 4.69) is 123 Å². The van der Waals surface area contributed by atoms with E-state index < -0.39 is 0 Å². The lowest BCUT2D eigenvalue weighted by atomic mass is 9.57. The highest BCUT2D eigenvalue weighted by atomic mass is 16.6. The summed E-state index contributed by atoms with van der Waals surface area (Å²) in [7, 11) is 0. The molecule has 11 atom stereocenters. The molecule has 2 rings (SSSR count). The van der Waals surface area contributed by atoms with Crippen molar-refractivity contribution in [1.29, 1.82) is 0 Å². The molecule has 1 aliphatic heterocycles. The first-order valence-corrected chi connectivity index (χ1v) is 29.5. The number of nitrogens with two attached hydrogens (primary N) is 1. The lowest BCUT2D eigenvalue weighted by Gasteiger charge is -2.47. The Morgan fingerprint density at radius 1 is 0.662 bits per heavy atom. The standard InChI is InChI=1S/C35H62O.C4H11N.2C4H10.8C2H6/c1-14-23(4)20-32(27(8)29(10)35(13)30(11)36-35)28(9)33(34(12,16-3)22-24(5)15-2)21-31-18-25(6)17-26(7)19-31;1-2-3-4-5;2*1-3-4-2;8*1-2/h3,23-28,30-33H,10,14-15,17-22H2,1-2,4-9,11-13H3;2-5H2,1H3;2*3-4H2,1-2H3;8*1-2H3/t23-,24+,25?,26?,27?,28+,30?,31?,32-,33-,34-,35-;;;;;;;;;;;/m1.........../s1. The predicted molar refractivity (Wildman–Crippen MR) is 315 cm³/mol. The van der Waals surface area contributed by atoms with Crippen molar-refractivity contribution >= 4 is 0 Å². The van der Waals surface area contributed by atoms with Gasteiger partial charge in [-0.05, 0) is 131 Å². The molecule has 1 saturated heterocycles. The molecule has 1 heterocycles. The van der Waals surface area contributed by atoms with Crippen LogP contribution in [0.1, 0.15) is 311 Å². The predicted octanol–water partition coefficient (Wildman–Crippen LogP) is 22.8. The zero-order chi connectivity index (χ0) is 54.4. The SMILES string of the molecule is C#C[C@](C)(C[C@@H](C)CC)[C@H](CC1CC(C)CC(C)C1)[C@@H](C)[C@H](C[C@H](C)CC)C(C)C(=C)[C@@]1(C)OC1C.CC.CC.CC.CC.CC.CC.CC.CC.CCCC.CCCC.CCCCN. The summed E-state index contributed by atoms with van der Waals surface area (Å²) in [5.74, 6) is 9.37. The average molecular weight is 929 g/mol. The third-order valence-corrected chi connectivity index (χ3v) is 12.7. The quantitative estimate of drug-likeness (QED) is 0.0845. The summed E-state index contributed by atoms with van der Waals surface area (Å²) < 4.78 is 6.08. The van der Waals surface area contributed by atoms with Crippen LogP contribution in [0.4, 0.5) is 0 Å². The van der Waals surface area contributed by atoms with Crippen molar-refractivity contribution in [1.82, 2.24) is 0 Å². The molecule has 1 aliphatic carbocycles. The Bertz CT molecular complexity index is 839. The molecule has 0 aromatic heterocycles. The van der Waals surface area contributed by atoms with Crippen LogP contribution in [0, 0.1) is 71.0 Å². The van der Waals surface area contributed by atoms with E-state index in [-0.39, 0.29) is 17.1 Å². The van der Waals surface area contributed by atoms with E-state index in [1.165, 1.54) is 89.0 Å². The molecule has 0 amide bonds. The number of terminal acetylenes is 1. The topological polar surface area (TPSA) is 38.5 Å². The molecule has 1 saturated carbocycles. The molecule has 0 aromatic rings. The number of hydrogen-bond donors (Lipinski definition) is 1. The van der Waals surface area contributed by atoms with Crippen LogP contribution in [0.15, 0.2) is 12.2 Å². The zero-order valence-electron chi connectivity index (χ0n) is 52.7. The summed E-state index contributed by atoms with van der Waals surface area (Å²) in [6.07, 6.45) is 24.7. The van der Waals surface area contributed by atoms with Crippen molar-refractivity contribution in [2.24, 2.45) is 64.4 Å². The normalized spacial score (nSPS) is 21.7. The second-order valence-electron chi connectivity index (χ2n) is 17.5. The largest absolute Gasteiger partial charge is 0.362 e. The van der Waals surface area contributed by atoms with Crippen molar-refractivity contribution in [3.63, 3.8) is 0 Å². The summed E-state index contributed by atoms with van der Waals surface area (Å²) in [4.78, 5) is 0. The van der Waals surface area contributed by atoms with Gasteiger partial charge in [0, 0.05) is 5.41 Å². The molecule has 65 heavy (non-hydrogen) atoms. The minimum atomic E-state index is -0.150. The van der Waals surface area contributed by atoms with Crippen molar-refractivity contribution in [3.05, 3.63) is 12.2 Å². The lowest BCUT2D eigenvalue weighted by molar-refractivity contribution is 0.0498. The van der Waals surface area contributed by atoms with Crippen LogP contribution in [0.25, 0.3) is 0 Å². The van der Waals surface area contributed by atoms with E-state index in [0.29, 0.717) is 35.5 Å². The van der Waals surface area contributed by atoms with Gasteiger partial charge in [0.25, 0.3) is 0 Å². The van der Waals surface area contributed by atoms with Crippen LogP contribution in [0.5, 0.6) is 0 Å². The highest BCUT2D eigenvalue weighted by Gasteiger charge is 2.54. The second-order valence-corrected chi connectivity index (χ2v) is 17.5. The Labute approximate surface area is 421 Å². The fourth-order valence-corrected chi connectivity index (χ4v) is 8.29. The van der Waals surface area contributed by atoms with Crippen molar-refractivity contribution in [2.45, 2.75) is 323 Å². The van der Waals surface area contributed by atoms with Crippen molar-refractivity contribution in [2.75, 3.05) is 6.54 Å². The molecule has 404 valence electrons. The molecule has 0 bridgehead atoms. The molecular formula is C63H141NO. The molecule has 2 N–H and O–H groups in total. The maximum Gasteiger partial charge on any atom is 0.113 e. The first-order chi connectivity index (χ1) is 31.0. The third-order valence-electron chi connectivity index (χ3n) is 12.7. The Hall–Kier alpha value is -0.780. The Morgan fingerprint density at radius 3 is 1.26 bits per heavy atom. The van der Waals surface area contributed by atoms with Gasteiger partial charge >= 0.3 is 0 Å². The second kappa shape index (κ2) is 65.3. The van der Waals surface area contributed by atoms with Gasteiger partial charge < -0.3 is 10.5 Å². The van der Waals surface area contributed by atoms with Crippen LogP contribution in [-0.4, -0.2) is 18.2 Å². The van der Waals surface area contributed by atoms with Crippen LogP contribution in [0.2, 0.25) is 0 Å². The van der Waals surface area contributed by atoms with Gasteiger partial charge in [-0.3, -0.25) is 0 Å². The molecule has 0 aromatic carbocycles. The summed E-state index contributed by atoms with van der Waals surface area (Å²) in [5, 5.41) is 0. The molecular weight excluding hydrogens is 787 g/mol. The molecule has 2 nitrogen and oxygen atoms in total. The van der Waals surface area contributed by atoms with Gasteiger partial charge in [-0.15, -0.1) is 6.42 Å². The van der Waals surface area contributed by atoms with Crippen molar-refractivity contribution < 1.29 is 4.74 Å². The highest BCUT2D eigenvalue weighted by molar-refractivity contribution is 5.25. The van der Waals surface area contributed by atoms with Crippen LogP contribution in [0.3, 0.4) is 0 Å². The monoisotopic (exact) mass is 928 g/mol. The van der Waals surface area contributed by atoms with Gasteiger partial charge in [0.15, 0.2) is 0 Å². The number of ether oxygens (including phenoxy) is 1. The van der Waals surface area contributed by atoms with E-state index in [9.17, 15) is 0 Å². The first kappa shape index (κ1) is 87.3. The summed E-state index contributed by atoms with van der Waals surface area (Å²) >= 11 is 0. The zero-order valence-corrected chi connectivity index (χ0v) is 52.7. The lowest BCUT2D eigenvalue weighted by Crippen LogP contribution is -2.40. The summed E-state index contributed by atoms with van der Waals surface area (Å²) in [6.45, 7) is 74.7. The average Bonchev–Trinajstić information content (AvgIpc) is 4.00. The molecule has 0 spiro atoms. The van der Waals surface area contributed by atoms with Crippen LogP contribution < -0.4 is 5.73 Å². The van der Waals surface area contributed by atoms with Gasteiger partial charge in [0.05, 0.1) is 6.10 Å². The van der Waals surface area contributed by atoms with E-state index in [1.807, 2.05) is 111 Å². The van der Waals surface area contributed by atoms with Gasteiger partial charge in [0.1, 0.15) is 5.60 Å². The smallest absolute Gasteiger partial charge is 0.113 e. The number of epoxide rings is 1. The van der Waals surface area contributed by atoms with E-state index in [4.69, 9.17) is 16.9 Å². The molecule has 0 radical (unpaired) electrons. The van der Waals surface area contributed by atoms with Gasteiger partial charge in [0.2, 0.25) is 0 Å². The van der Waals surface area contributed by atoms with Crippen molar-refractivity contribution in [3.8, 4) is 12.3 Å². The molecule has 2 fully saturated rings. The third kappa shape index (κ3) is 45.4. The fraction of sp³-hybridized carbons (Fsp3) is 0.937. The minimum absolute atomic E-state index is 0.0687. The molecule has 4 unspecified atom stereocenters. The summed E-state index contributed by atoms with van der Waals surface area (Å²) in [6, 6.07) is 0. The summed E-state index contributed by atoms with van der Waals surface area (Å²) in [5.41, 5.74) is 6.22. The maximum absolute atomic E-state index is 6.48. The van der Waals surface area contributed by atoms with Crippen LogP contribution >= 0.6 is 0 Å². The first-order valence-electron chi connectivity index (χ1n) is 29.5. The highest BCUT2D eigenvalue weighted by Crippen LogP contribution is 2.53. The minimum Gasteiger partial charge on any atom is -0.362 e. The number of unbranched alkanes of at least 4 members (excludes halogenated alkanes) is 3. The number of hydrogen-bond acceptors (Lipinski definition) is 2. The van der Waals surface area contributed by atoms with E-state index >= 15 is 0 Å². The maximum atomic E-state index is 6.48. The Balaban J connectivity index is -0.000000108.